The molecule has 0 saturated carbocycles. The lowest BCUT2D eigenvalue weighted by molar-refractivity contribution is 0.382. The van der Waals surface area contributed by atoms with Crippen molar-refractivity contribution in [3.05, 3.63) is 27.5 Å². The molecule has 0 saturated heterocycles. The zero-order chi connectivity index (χ0) is 10.0. The highest BCUT2D eigenvalue weighted by Crippen LogP contribution is 2.32. The molecule has 0 fully saturated rings. The molecular formula is C9H7BrFNO. The number of rotatable bonds is 1. The van der Waals surface area contributed by atoms with Gasteiger partial charge in [-0.3, -0.25) is 0 Å². The van der Waals surface area contributed by atoms with Gasteiger partial charge in [0.1, 0.15) is 6.07 Å². The molecular weight excluding hydrogens is 237 g/mol. The first kappa shape index (κ1) is 10.0. The molecule has 0 N–H and O–H groups in total. The second kappa shape index (κ2) is 3.75. The smallest absolute Gasteiger partial charge is 0.183 e. The molecule has 0 aliphatic carbocycles. The Morgan fingerprint density at radius 3 is 2.69 bits per heavy atom. The van der Waals surface area contributed by atoms with Crippen LogP contribution in [0.1, 0.15) is 11.1 Å². The lowest BCUT2D eigenvalue weighted by atomic mass is 10.1. The van der Waals surface area contributed by atoms with Crippen LogP contribution in [0.15, 0.2) is 10.5 Å². The number of hydrogen-bond acceptors (Lipinski definition) is 2. The molecule has 0 aromatic heterocycles. The Hall–Kier alpha value is -1.08. The van der Waals surface area contributed by atoms with Crippen molar-refractivity contribution in [1.29, 1.82) is 5.26 Å². The molecule has 1 aromatic carbocycles. The zero-order valence-electron chi connectivity index (χ0n) is 7.19. The molecule has 0 atom stereocenters. The number of nitrogens with zero attached hydrogens (tertiary/aromatic N) is 1. The van der Waals surface area contributed by atoms with E-state index in [2.05, 4.69) is 15.9 Å². The summed E-state index contributed by atoms with van der Waals surface area (Å²) in [6, 6.07) is 3.24. The molecule has 13 heavy (non-hydrogen) atoms. The van der Waals surface area contributed by atoms with Gasteiger partial charge < -0.3 is 4.74 Å². The Balaban J connectivity index is 3.50. The van der Waals surface area contributed by atoms with Crippen molar-refractivity contribution in [2.75, 3.05) is 7.11 Å². The van der Waals surface area contributed by atoms with Gasteiger partial charge in [-0.25, -0.2) is 4.39 Å². The standard InChI is InChI=1S/C9H7BrFNO/c1-5-3-6(4-12)8(11)9(13-2)7(5)10/h3H,1-2H3. The minimum absolute atomic E-state index is 0.00227. The van der Waals surface area contributed by atoms with E-state index in [9.17, 15) is 4.39 Å². The first-order valence-corrected chi connectivity index (χ1v) is 4.33. The second-order valence-electron chi connectivity index (χ2n) is 2.51. The third kappa shape index (κ3) is 1.65. The molecule has 1 rings (SSSR count). The average Bonchev–Trinajstić information content (AvgIpc) is 2.12. The molecule has 0 aliphatic rings. The quantitative estimate of drug-likeness (QED) is 0.760. The van der Waals surface area contributed by atoms with E-state index in [0.29, 0.717) is 4.47 Å². The summed E-state index contributed by atoms with van der Waals surface area (Å²) >= 11 is 3.18. The largest absolute Gasteiger partial charge is 0.492 e. The predicted octanol–water partition coefficient (Wildman–Crippen LogP) is 2.78. The van der Waals surface area contributed by atoms with Gasteiger partial charge in [0.15, 0.2) is 11.6 Å². The van der Waals surface area contributed by atoms with Crippen molar-refractivity contribution in [1.82, 2.24) is 0 Å². The maximum atomic E-state index is 13.3. The number of benzene rings is 1. The summed E-state index contributed by atoms with van der Waals surface area (Å²) in [6.45, 7) is 1.77. The van der Waals surface area contributed by atoms with E-state index < -0.39 is 5.82 Å². The summed E-state index contributed by atoms with van der Waals surface area (Å²) in [5.74, 6) is -0.543. The molecule has 68 valence electrons. The van der Waals surface area contributed by atoms with Gasteiger partial charge in [0.2, 0.25) is 0 Å². The van der Waals surface area contributed by atoms with Crippen molar-refractivity contribution in [3.8, 4) is 11.8 Å². The predicted molar refractivity (Wildman–Crippen MR) is 50.1 cm³/mol. The molecule has 0 bridgehead atoms. The summed E-state index contributed by atoms with van der Waals surface area (Å²) < 4.78 is 18.7. The number of halogens is 2. The van der Waals surface area contributed by atoms with Crippen LogP contribution in [0.25, 0.3) is 0 Å². The van der Waals surface area contributed by atoms with Crippen LogP contribution in [0.4, 0.5) is 4.39 Å². The van der Waals surface area contributed by atoms with Gasteiger partial charge in [0.05, 0.1) is 17.1 Å². The van der Waals surface area contributed by atoms with Crippen LogP contribution >= 0.6 is 15.9 Å². The van der Waals surface area contributed by atoms with Crippen molar-refractivity contribution in [2.45, 2.75) is 6.92 Å². The van der Waals surface area contributed by atoms with E-state index in [1.165, 1.54) is 13.2 Å². The monoisotopic (exact) mass is 243 g/mol. The van der Waals surface area contributed by atoms with E-state index in [4.69, 9.17) is 10.00 Å². The summed E-state index contributed by atoms with van der Waals surface area (Å²) in [5, 5.41) is 8.59. The lowest BCUT2D eigenvalue weighted by Crippen LogP contribution is -1.95. The second-order valence-corrected chi connectivity index (χ2v) is 3.31. The van der Waals surface area contributed by atoms with E-state index in [1.807, 2.05) is 0 Å². The summed E-state index contributed by atoms with van der Waals surface area (Å²) in [7, 11) is 1.36. The molecule has 0 amide bonds. The summed E-state index contributed by atoms with van der Waals surface area (Å²) in [5.41, 5.74) is 0.771. The fraction of sp³-hybridized carbons (Fsp3) is 0.222. The molecule has 0 radical (unpaired) electrons. The van der Waals surface area contributed by atoms with Crippen LogP contribution in [0.3, 0.4) is 0 Å². The van der Waals surface area contributed by atoms with Crippen LogP contribution in [-0.4, -0.2) is 7.11 Å². The molecule has 0 heterocycles. The zero-order valence-corrected chi connectivity index (χ0v) is 8.77. The van der Waals surface area contributed by atoms with Crippen molar-refractivity contribution in [3.63, 3.8) is 0 Å². The van der Waals surface area contributed by atoms with E-state index in [-0.39, 0.29) is 11.3 Å². The van der Waals surface area contributed by atoms with Gasteiger partial charge in [-0.1, -0.05) is 0 Å². The third-order valence-electron chi connectivity index (χ3n) is 1.67. The molecule has 1 aromatic rings. The van der Waals surface area contributed by atoms with Gasteiger partial charge in [0, 0.05) is 0 Å². The SMILES string of the molecule is COc1c(F)c(C#N)cc(C)c1Br. The maximum absolute atomic E-state index is 13.3. The number of hydrogen-bond donors (Lipinski definition) is 0. The Morgan fingerprint density at radius 1 is 1.62 bits per heavy atom. The van der Waals surface area contributed by atoms with Gasteiger partial charge in [0.25, 0.3) is 0 Å². The van der Waals surface area contributed by atoms with Gasteiger partial charge in [-0.05, 0) is 34.5 Å². The van der Waals surface area contributed by atoms with Crippen molar-refractivity contribution >= 4 is 15.9 Å². The van der Waals surface area contributed by atoms with Gasteiger partial charge >= 0.3 is 0 Å². The third-order valence-corrected chi connectivity index (χ3v) is 2.65. The van der Waals surface area contributed by atoms with Gasteiger partial charge in [-0.2, -0.15) is 5.26 Å². The molecule has 2 nitrogen and oxygen atoms in total. The van der Waals surface area contributed by atoms with Crippen LogP contribution < -0.4 is 4.74 Å². The van der Waals surface area contributed by atoms with E-state index in [0.717, 1.165) is 5.56 Å². The van der Waals surface area contributed by atoms with Crippen LogP contribution in [0.5, 0.6) is 5.75 Å². The fourth-order valence-electron chi connectivity index (χ4n) is 1.00. The van der Waals surface area contributed by atoms with Gasteiger partial charge in [-0.15, -0.1) is 0 Å². The molecule has 0 spiro atoms. The maximum Gasteiger partial charge on any atom is 0.183 e. The topological polar surface area (TPSA) is 33.0 Å². The minimum atomic E-state index is -0.623. The number of aryl methyl sites for hydroxylation is 1. The summed E-state index contributed by atoms with van der Waals surface area (Å²) in [6.07, 6.45) is 0. The van der Waals surface area contributed by atoms with E-state index >= 15 is 0 Å². The normalized spacial score (nSPS) is 9.46. The first-order chi connectivity index (χ1) is 6.11. The first-order valence-electron chi connectivity index (χ1n) is 3.54. The number of methoxy groups -OCH3 is 1. The molecule has 0 aliphatic heterocycles. The molecule has 4 heteroatoms. The van der Waals surface area contributed by atoms with E-state index in [1.54, 1.807) is 13.0 Å². The Labute approximate surface area is 84.1 Å². The lowest BCUT2D eigenvalue weighted by Gasteiger charge is -2.07. The minimum Gasteiger partial charge on any atom is -0.492 e. The number of ether oxygens (including phenoxy) is 1. The Bertz CT molecular complexity index is 384. The highest BCUT2D eigenvalue weighted by atomic mass is 79.9. The highest BCUT2D eigenvalue weighted by molar-refractivity contribution is 9.10. The Morgan fingerprint density at radius 2 is 2.23 bits per heavy atom. The highest BCUT2D eigenvalue weighted by Gasteiger charge is 2.14. The van der Waals surface area contributed by atoms with Crippen LogP contribution in [0.2, 0.25) is 0 Å². The average molecular weight is 244 g/mol. The fourth-order valence-corrected chi connectivity index (χ4v) is 1.45. The van der Waals surface area contributed by atoms with Crippen LogP contribution in [-0.2, 0) is 0 Å². The summed E-state index contributed by atoms with van der Waals surface area (Å²) in [4.78, 5) is 0. The van der Waals surface area contributed by atoms with Crippen molar-refractivity contribution < 1.29 is 9.13 Å². The van der Waals surface area contributed by atoms with Crippen molar-refractivity contribution in [2.24, 2.45) is 0 Å². The molecule has 0 unspecified atom stereocenters. The Kier molecular flexibility index (Phi) is 2.89. The van der Waals surface area contributed by atoms with Crippen LogP contribution in [0, 0.1) is 24.1 Å². The number of nitriles is 1.